The monoisotopic (exact) mass is 420 g/mol. The number of rotatable bonds is 8. The molecule has 1 aromatic heterocycles. The van der Waals surface area contributed by atoms with Crippen LogP contribution in [0.2, 0.25) is 0 Å². The summed E-state index contributed by atoms with van der Waals surface area (Å²) in [5, 5.41) is 12.8. The van der Waals surface area contributed by atoms with Gasteiger partial charge in [-0.15, -0.1) is 5.10 Å². The van der Waals surface area contributed by atoms with Crippen LogP contribution in [0.25, 0.3) is 0 Å². The number of ether oxygens (including phenoxy) is 1. The highest BCUT2D eigenvalue weighted by atomic mass is 16.5. The molecule has 0 radical (unpaired) electrons. The summed E-state index contributed by atoms with van der Waals surface area (Å²) in [6.45, 7) is 10.1. The van der Waals surface area contributed by atoms with Crippen LogP contribution in [0.1, 0.15) is 36.8 Å². The third-order valence-electron chi connectivity index (χ3n) is 6.02. The number of hydrogen-bond donors (Lipinski definition) is 0. The second-order valence-electron chi connectivity index (χ2n) is 8.49. The Morgan fingerprint density at radius 1 is 0.903 bits per heavy atom. The highest BCUT2D eigenvalue weighted by molar-refractivity contribution is 5.33. The third kappa shape index (κ3) is 5.11. The van der Waals surface area contributed by atoms with E-state index in [1.807, 2.05) is 22.9 Å². The summed E-state index contributed by atoms with van der Waals surface area (Å²) in [7, 11) is 1.74. The lowest BCUT2D eigenvalue weighted by Crippen LogP contribution is -2.48. The molecule has 31 heavy (non-hydrogen) atoms. The van der Waals surface area contributed by atoms with Crippen LogP contribution < -0.4 is 4.74 Å². The second-order valence-corrected chi connectivity index (χ2v) is 8.49. The smallest absolute Gasteiger partial charge is 0.169 e. The first-order chi connectivity index (χ1) is 15.2. The van der Waals surface area contributed by atoms with E-state index in [-0.39, 0.29) is 6.04 Å². The minimum Gasteiger partial charge on any atom is -0.496 e. The van der Waals surface area contributed by atoms with Crippen LogP contribution >= 0.6 is 0 Å². The van der Waals surface area contributed by atoms with Gasteiger partial charge >= 0.3 is 0 Å². The van der Waals surface area contributed by atoms with E-state index in [0.717, 1.165) is 44.3 Å². The maximum Gasteiger partial charge on any atom is 0.169 e. The molecule has 2 heterocycles. The molecule has 1 atom stereocenters. The van der Waals surface area contributed by atoms with Gasteiger partial charge in [0.2, 0.25) is 0 Å². The molecule has 7 heteroatoms. The number of piperazine rings is 1. The van der Waals surface area contributed by atoms with Gasteiger partial charge in [0.05, 0.1) is 19.7 Å². The van der Waals surface area contributed by atoms with Crippen molar-refractivity contribution >= 4 is 0 Å². The number of tetrazole rings is 1. The van der Waals surface area contributed by atoms with E-state index < -0.39 is 0 Å². The van der Waals surface area contributed by atoms with E-state index in [1.165, 1.54) is 11.1 Å². The van der Waals surface area contributed by atoms with Gasteiger partial charge in [-0.25, -0.2) is 4.68 Å². The van der Waals surface area contributed by atoms with Crippen molar-refractivity contribution in [2.24, 2.45) is 5.92 Å². The zero-order valence-corrected chi connectivity index (χ0v) is 18.7. The van der Waals surface area contributed by atoms with Crippen LogP contribution in [-0.2, 0) is 13.1 Å². The Kier molecular flexibility index (Phi) is 6.94. The topological polar surface area (TPSA) is 59.3 Å². The Balaban J connectivity index is 1.43. The molecule has 0 spiro atoms. The fourth-order valence-corrected chi connectivity index (χ4v) is 4.45. The maximum atomic E-state index is 5.53. The number of methoxy groups -OCH3 is 1. The van der Waals surface area contributed by atoms with Gasteiger partial charge in [0.15, 0.2) is 5.82 Å². The average molecular weight is 421 g/mol. The van der Waals surface area contributed by atoms with Crippen molar-refractivity contribution in [3.63, 3.8) is 0 Å². The molecule has 0 bridgehead atoms. The quantitative estimate of drug-likeness (QED) is 0.558. The molecule has 4 rings (SSSR count). The number of nitrogens with zero attached hydrogens (tertiary/aromatic N) is 6. The predicted octanol–water partition coefficient (Wildman–Crippen LogP) is 3.24. The molecule has 1 aliphatic heterocycles. The molecule has 1 fully saturated rings. The van der Waals surface area contributed by atoms with Crippen molar-refractivity contribution in [3.8, 4) is 5.75 Å². The van der Waals surface area contributed by atoms with E-state index in [0.29, 0.717) is 12.5 Å². The van der Waals surface area contributed by atoms with Gasteiger partial charge in [-0.3, -0.25) is 9.80 Å². The van der Waals surface area contributed by atoms with Crippen LogP contribution in [0.5, 0.6) is 5.75 Å². The van der Waals surface area contributed by atoms with Crippen LogP contribution in [0.15, 0.2) is 54.6 Å². The zero-order valence-electron chi connectivity index (χ0n) is 18.7. The summed E-state index contributed by atoms with van der Waals surface area (Å²) in [6.07, 6.45) is 0. The van der Waals surface area contributed by atoms with E-state index in [9.17, 15) is 0 Å². The van der Waals surface area contributed by atoms with Gasteiger partial charge in [-0.2, -0.15) is 0 Å². The molecule has 0 N–H and O–H groups in total. The van der Waals surface area contributed by atoms with Crippen molar-refractivity contribution in [3.05, 3.63) is 71.5 Å². The minimum atomic E-state index is 0.201. The summed E-state index contributed by atoms with van der Waals surface area (Å²) >= 11 is 0. The van der Waals surface area contributed by atoms with Crippen molar-refractivity contribution in [1.29, 1.82) is 0 Å². The molecule has 0 saturated carbocycles. The number of para-hydroxylation sites is 1. The molecule has 164 valence electrons. The van der Waals surface area contributed by atoms with Gasteiger partial charge < -0.3 is 4.74 Å². The Morgan fingerprint density at radius 2 is 1.61 bits per heavy atom. The predicted molar refractivity (Wildman–Crippen MR) is 121 cm³/mol. The van der Waals surface area contributed by atoms with E-state index in [2.05, 4.69) is 75.6 Å². The summed E-state index contributed by atoms with van der Waals surface area (Å²) in [5.41, 5.74) is 2.45. The molecular weight excluding hydrogens is 388 g/mol. The van der Waals surface area contributed by atoms with E-state index >= 15 is 0 Å². The van der Waals surface area contributed by atoms with Gasteiger partial charge in [0, 0.05) is 38.3 Å². The normalized spacial score (nSPS) is 16.5. The van der Waals surface area contributed by atoms with Crippen LogP contribution in [0.4, 0.5) is 0 Å². The standard InChI is InChI=1S/C24H32N6O/c1-19(2)23(24-25-26-27-30(24)17-20-9-5-4-6-10-20)29-15-13-28(14-16-29)18-21-11-7-8-12-22(21)31-3/h4-12,19,23H,13-18H2,1-3H3/t23-/m1/s1. The lowest BCUT2D eigenvalue weighted by atomic mass is 10.0. The lowest BCUT2D eigenvalue weighted by molar-refractivity contribution is 0.0661. The van der Waals surface area contributed by atoms with E-state index in [4.69, 9.17) is 4.74 Å². The zero-order chi connectivity index (χ0) is 21.6. The van der Waals surface area contributed by atoms with Gasteiger partial charge in [0.25, 0.3) is 0 Å². The summed E-state index contributed by atoms with van der Waals surface area (Å²) in [4.78, 5) is 5.04. The third-order valence-corrected chi connectivity index (χ3v) is 6.02. The maximum absolute atomic E-state index is 5.53. The van der Waals surface area contributed by atoms with Gasteiger partial charge in [0.1, 0.15) is 5.75 Å². The first kappa shape index (κ1) is 21.5. The highest BCUT2D eigenvalue weighted by Gasteiger charge is 2.31. The van der Waals surface area contributed by atoms with Gasteiger partial charge in [-0.05, 0) is 28.0 Å². The molecule has 1 saturated heterocycles. The first-order valence-electron chi connectivity index (χ1n) is 11.0. The molecule has 3 aromatic rings. The summed E-state index contributed by atoms with van der Waals surface area (Å²) < 4.78 is 7.49. The molecule has 0 aliphatic carbocycles. The number of hydrogen-bond acceptors (Lipinski definition) is 6. The van der Waals surface area contributed by atoms with E-state index in [1.54, 1.807) is 7.11 Å². The van der Waals surface area contributed by atoms with Crippen LogP contribution in [0, 0.1) is 5.92 Å². The number of benzene rings is 2. The summed E-state index contributed by atoms with van der Waals surface area (Å²) in [5.74, 6) is 2.34. The average Bonchev–Trinajstić information content (AvgIpc) is 3.23. The molecular formula is C24H32N6O. The lowest BCUT2D eigenvalue weighted by Gasteiger charge is -2.40. The minimum absolute atomic E-state index is 0.201. The molecule has 0 unspecified atom stereocenters. The number of aromatic nitrogens is 4. The van der Waals surface area contributed by atoms with Crippen molar-refractivity contribution in [1.82, 2.24) is 30.0 Å². The fraction of sp³-hybridized carbons (Fsp3) is 0.458. The molecule has 7 nitrogen and oxygen atoms in total. The largest absolute Gasteiger partial charge is 0.496 e. The Hall–Kier alpha value is -2.77. The van der Waals surface area contributed by atoms with Crippen molar-refractivity contribution < 1.29 is 4.74 Å². The van der Waals surface area contributed by atoms with Crippen molar-refractivity contribution in [2.45, 2.75) is 33.0 Å². The molecule has 2 aromatic carbocycles. The van der Waals surface area contributed by atoms with Gasteiger partial charge in [-0.1, -0.05) is 62.4 Å². The van der Waals surface area contributed by atoms with Crippen LogP contribution in [0.3, 0.4) is 0 Å². The Labute approximate surface area is 184 Å². The van der Waals surface area contributed by atoms with Crippen molar-refractivity contribution in [2.75, 3.05) is 33.3 Å². The Morgan fingerprint density at radius 3 is 2.32 bits per heavy atom. The molecule has 0 amide bonds. The second kappa shape index (κ2) is 10.0. The first-order valence-corrected chi connectivity index (χ1v) is 11.0. The highest BCUT2D eigenvalue weighted by Crippen LogP contribution is 2.29. The molecule has 1 aliphatic rings. The summed E-state index contributed by atoms with van der Waals surface area (Å²) in [6, 6.07) is 18.9. The SMILES string of the molecule is COc1ccccc1CN1CCN([C@@H](c2nnnn2Cc2ccccc2)C(C)C)CC1. The van der Waals surface area contributed by atoms with Crippen LogP contribution in [-0.4, -0.2) is 63.3 Å². The fourth-order valence-electron chi connectivity index (χ4n) is 4.45. The Bertz CT molecular complexity index is 949.